The molecule has 0 spiro atoms. The average molecular weight is 292 g/mol. The molecule has 5 nitrogen and oxygen atoms in total. The van der Waals surface area contributed by atoms with E-state index < -0.39 is 0 Å². The molecule has 1 fully saturated rings. The number of amides is 2. The second-order valence-corrected chi connectivity index (χ2v) is 6.59. The highest BCUT2D eigenvalue weighted by Gasteiger charge is 2.21. The topological polar surface area (TPSA) is 50.2 Å². The Bertz CT molecular complexity index is 483. The molecule has 0 radical (unpaired) electrons. The van der Waals surface area contributed by atoms with Gasteiger partial charge >= 0.3 is 6.03 Å². The minimum absolute atomic E-state index is 0.0850. The normalized spacial score (nSPS) is 20.4. The Labute approximate surface area is 127 Å². The van der Waals surface area contributed by atoms with Gasteiger partial charge in [-0.3, -0.25) is 4.68 Å². The Hall–Kier alpha value is -1.52. The number of carbonyl (C=O) groups excluding carboxylic acids is 1. The van der Waals surface area contributed by atoms with Crippen LogP contribution >= 0.6 is 0 Å². The van der Waals surface area contributed by atoms with Crippen molar-refractivity contribution in [2.75, 3.05) is 19.6 Å². The monoisotopic (exact) mass is 292 g/mol. The SMILES string of the molecule is Cc1cc(C)n(CC(C)CNC(=O)N2CCCC(C)C2)n1. The van der Waals surface area contributed by atoms with Crippen molar-refractivity contribution < 1.29 is 4.79 Å². The Morgan fingerprint density at radius 2 is 2.29 bits per heavy atom. The fourth-order valence-electron chi connectivity index (χ4n) is 2.97. The van der Waals surface area contributed by atoms with Crippen LogP contribution in [0.3, 0.4) is 0 Å². The summed E-state index contributed by atoms with van der Waals surface area (Å²) >= 11 is 0. The second-order valence-electron chi connectivity index (χ2n) is 6.59. The van der Waals surface area contributed by atoms with Gasteiger partial charge in [0.2, 0.25) is 0 Å². The lowest BCUT2D eigenvalue weighted by molar-refractivity contribution is 0.168. The van der Waals surface area contributed by atoms with Crippen molar-refractivity contribution in [3.05, 3.63) is 17.5 Å². The zero-order chi connectivity index (χ0) is 15.4. The van der Waals surface area contributed by atoms with Crippen LogP contribution in [0.4, 0.5) is 4.79 Å². The largest absolute Gasteiger partial charge is 0.338 e. The van der Waals surface area contributed by atoms with Crippen LogP contribution in [0, 0.1) is 25.7 Å². The highest BCUT2D eigenvalue weighted by molar-refractivity contribution is 5.74. The summed E-state index contributed by atoms with van der Waals surface area (Å²) in [5, 5.41) is 7.54. The van der Waals surface area contributed by atoms with Crippen LogP contribution in [0.25, 0.3) is 0 Å². The van der Waals surface area contributed by atoms with Crippen molar-refractivity contribution >= 4 is 6.03 Å². The second kappa shape index (κ2) is 6.96. The maximum atomic E-state index is 12.2. The van der Waals surface area contributed by atoms with Crippen molar-refractivity contribution in [1.29, 1.82) is 0 Å². The first kappa shape index (κ1) is 15.9. The lowest BCUT2D eigenvalue weighted by Gasteiger charge is -2.31. The molecule has 1 saturated heterocycles. The number of nitrogens with zero attached hydrogens (tertiary/aromatic N) is 3. The van der Waals surface area contributed by atoms with Gasteiger partial charge in [-0.25, -0.2) is 4.79 Å². The number of aromatic nitrogens is 2. The van der Waals surface area contributed by atoms with Gasteiger partial charge in [-0.15, -0.1) is 0 Å². The summed E-state index contributed by atoms with van der Waals surface area (Å²) in [5.41, 5.74) is 2.22. The molecular weight excluding hydrogens is 264 g/mol. The number of nitrogens with one attached hydrogen (secondary N) is 1. The van der Waals surface area contributed by atoms with Gasteiger partial charge in [-0.2, -0.15) is 5.10 Å². The van der Waals surface area contributed by atoms with Crippen molar-refractivity contribution in [3.63, 3.8) is 0 Å². The summed E-state index contributed by atoms with van der Waals surface area (Å²) in [7, 11) is 0. The van der Waals surface area contributed by atoms with E-state index in [1.54, 1.807) is 0 Å². The molecule has 0 saturated carbocycles. The molecule has 0 aromatic carbocycles. The fraction of sp³-hybridized carbons (Fsp3) is 0.750. The first-order valence-corrected chi connectivity index (χ1v) is 7.99. The van der Waals surface area contributed by atoms with Gasteiger partial charge in [-0.1, -0.05) is 13.8 Å². The molecule has 5 heteroatoms. The quantitative estimate of drug-likeness (QED) is 0.927. The van der Waals surface area contributed by atoms with Crippen LogP contribution in [-0.4, -0.2) is 40.3 Å². The van der Waals surface area contributed by atoms with Gasteiger partial charge < -0.3 is 10.2 Å². The summed E-state index contributed by atoms with van der Waals surface area (Å²) in [6.07, 6.45) is 2.36. The Balaban J connectivity index is 1.77. The van der Waals surface area contributed by atoms with Gasteiger partial charge in [0.25, 0.3) is 0 Å². The van der Waals surface area contributed by atoms with E-state index in [4.69, 9.17) is 0 Å². The molecule has 1 aromatic rings. The molecule has 2 atom stereocenters. The van der Waals surface area contributed by atoms with Crippen LogP contribution in [-0.2, 0) is 6.54 Å². The Morgan fingerprint density at radius 3 is 2.90 bits per heavy atom. The van der Waals surface area contributed by atoms with Crippen LogP contribution in [0.1, 0.15) is 38.1 Å². The molecule has 1 N–H and O–H groups in total. The predicted octanol–water partition coefficient (Wildman–Crippen LogP) is 2.58. The Morgan fingerprint density at radius 1 is 1.52 bits per heavy atom. The third kappa shape index (κ3) is 4.48. The predicted molar refractivity (Wildman–Crippen MR) is 84.2 cm³/mol. The molecule has 2 amide bonds. The third-order valence-corrected chi connectivity index (χ3v) is 4.13. The molecule has 1 aromatic heterocycles. The molecular formula is C16H28N4O. The number of carbonyl (C=O) groups is 1. The van der Waals surface area contributed by atoms with Crippen LogP contribution < -0.4 is 5.32 Å². The van der Waals surface area contributed by atoms with E-state index in [1.807, 2.05) is 16.5 Å². The molecule has 118 valence electrons. The lowest BCUT2D eigenvalue weighted by Crippen LogP contribution is -2.46. The van der Waals surface area contributed by atoms with E-state index in [0.29, 0.717) is 18.4 Å². The zero-order valence-electron chi connectivity index (χ0n) is 13.7. The molecule has 2 rings (SSSR count). The summed E-state index contributed by atoms with van der Waals surface area (Å²) in [6, 6.07) is 2.17. The van der Waals surface area contributed by atoms with E-state index in [0.717, 1.165) is 31.7 Å². The van der Waals surface area contributed by atoms with Gasteiger partial charge in [-0.05, 0) is 44.6 Å². The molecule has 2 unspecified atom stereocenters. The maximum Gasteiger partial charge on any atom is 0.317 e. The summed E-state index contributed by atoms with van der Waals surface area (Å²) in [6.45, 7) is 11.8. The van der Waals surface area contributed by atoms with E-state index in [1.165, 1.54) is 12.1 Å². The molecule has 0 bridgehead atoms. The Kier molecular flexibility index (Phi) is 5.26. The molecule has 2 heterocycles. The van der Waals surface area contributed by atoms with E-state index in [-0.39, 0.29) is 6.03 Å². The minimum atomic E-state index is 0.0850. The molecule has 1 aliphatic rings. The maximum absolute atomic E-state index is 12.2. The highest BCUT2D eigenvalue weighted by Crippen LogP contribution is 2.15. The summed E-state index contributed by atoms with van der Waals surface area (Å²) in [5.74, 6) is 0.991. The van der Waals surface area contributed by atoms with Crippen LogP contribution in [0.5, 0.6) is 0 Å². The lowest BCUT2D eigenvalue weighted by atomic mass is 10.0. The number of hydrogen-bond acceptors (Lipinski definition) is 2. The molecule has 0 aliphatic carbocycles. The first-order valence-electron chi connectivity index (χ1n) is 7.99. The fourth-order valence-corrected chi connectivity index (χ4v) is 2.97. The number of urea groups is 1. The zero-order valence-corrected chi connectivity index (χ0v) is 13.7. The van der Waals surface area contributed by atoms with Crippen molar-refractivity contribution in [2.24, 2.45) is 11.8 Å². The highest BCUT2D eigenvalue weighted by atomic mass is 16.2. The number of hydrogen-bond donors (Lipinski definition) is 1. The van der Waals surface area contributed by atoms with Gasteiger partial charge in [0.15, 0.2) is 0 Å². The van der Waals surface area contributed by atoms with Crippen molar-refractivity contribution in [3.8, 4) is 0 Å². The van der Waals surface area contributed by atoms with E-state index in [9.17, 15) is 4.79 Å². The van der Waals surface area contributed by atoms with E-state index >= 15 is 0 Å². The van der Waals surface area contributed by atoms with Gasteiger partial charge in [0.05, 0.1) is 5.69 Å². The standard InChI is InChI=1S/C16H28N4O/c1-12-6-5-7-19(10-12)16(21)17-9-13(2)11-20-15(4)8-14(3)18-20/h8,12-13H,5-7,9-11H2,1-4H3,(H,17,21). The number of likely N-dealkylation sites (tertiary alicyclic amines) is 1. The van der Waals surface area contributed by atoms with Crippen LogP contribution in [0.2, 0.25) is 0 Å². The minimum Gasteiger partial charge on any atom is -0.338 e. The third-order valence-electron chi connectivity index (χ3n) is 4.13. The number of piperidine rings is 1. The van der Waals surface area contributed by atoms with E-state index in [2.05, 4.69) is 37.3 Å². The molecule has 21 heavy (non-hydrogen) atoms. The van der Waals surface area contributed by atoms with Crippen molar-refractivity contribution in [2.45, 2.75) is 47.1 Å². The first-order chi connectivity index (χ1) is 9.95. The average Bonchev–Trinajstić information content (AvgIpc) is 2.74. The molecule has 1 aliphatic heterocycles. The summed E-state index contributed by atoms with van der Waals surface area (Å²) < 4.78 is 2.02. The number of aryl methyl sites for hydroxylation is 2. The summed E-state index contributed by atoms with van der Waals surface area (Å²) in [4.78, 5) is 14.1. The van der Waals surface area contributed by atoms with Crippen molar-refractivity contribution in [1.82, 2.24) is 20.0 Å². The number of rotatable bonds is 4. The smallest absolute Gasteiger partial charge is 0.317 e. The van der Waals surface area contributed by atoms with Gasteiger partial charge in [0, 0.05) is 31.9 Å². The van der Waals surface area contributed by atoms with Gasteiger partial charge in [0.1, 0.15) is 0 Å². The van der Waals surface area contributed by atoms with Crippen LogP contribution in [0.15, 0.2) is 6.07 Å².